The Balaban J connectivity index is 1.47. The SMILES string of the molecule is Cc1ccc(C2CCCN2C(=O)C(=O)Nc2ccc3c(c2)CCO3)o1. The van der Waals surface area contributed by atoms with E-state index < -0.39 is 11.8 Å². The van der Waals surface area contributed by atoms with Crippen molar-refractivity contribution in [1.82, 2.24) is 4.90 Å². The number of anilines is 1. The lowest BCUT2D eigenvalue weighted by atomic mass is 10.1. The summed E-state index contributed by atoms with van der Waals surface area (Å²) >= 11 is 0. The van der Waals surface area contributed by atoms with Crippen molar-refractivity contribution in [3.63, 3.8) is 0 Å². The number of likely N-dealkylation sites (tertiary alicyclic amines) is 1. The summed E-state index contributed by atoms with van der Waals surface area (Å²) in [5, 5.41) is 2.71. The Morgan fingerprint density at radius 2 is 2.12 bits per heavy atom. The fourth-order valence-corrected chi connectivity index (χ4v) is 3.52. The molecule has 0 bridgehead atoms. The molecule has 1 aromatic heterocycles. The first-order valence-electron chi connectivity index (χ1n) is 8.56. The normalized spacial score (nSPS) is 18.8. The molecule has 2 amide bonds. The van der Waals surface area contributed by atoms with Gasteiger partial charge in [0.2, 0.25) is 0 Å². The summed E-state index contributed by atoms with van der Waals surface area (Å²) in [5.74, 6) is 1.25. The van der Waals surface area contributed by atoms with Crippen molar-refractivity contribution in [2.75, 3.05) is 18.5 Å². The van der Waals surface area contributed by atoms with E-state index in [9.17, 15) is 9.59 Å². The number of fused-ring (bicyclic) bond motifs is 1. The van der Waals surface area contributed by atoms with Gasteiger partial charge in [0.25, 0.3) is 0 Å². The maximum absolute atomic E-state index is 12.6. The van der Waals surface area contributed by atoms with Gasteiger partial charge in [-0.05, 0) is 55.7 Å². The number of hydrogen-bond acceptors (Lipinski definition) is 4. The Labute approximate surface area is 145 Å². The molecule has 6 nitrogen and oxygen atoms in total. The van der Waals surface area contributed by atoms with Crippen LogP contribution >= 0.6 is 0 Å². The highest BCUT2D eigenvalue weighted by Crippen LogP contribution is 2.33. The lowest BCUT2D eigenvalue weighted by Gasteiger charge is -2.22. The highest BCUT2D eigenvalue weighted by molar-refractivity contribution is 6.39. The van der Waals surface area contributed by atoms with E-state index in [1.807, 2.05) is 31.2 Å². The zero-order valence-corrected chi connectivity index (χ0v) is 14.1. The zero-order valence-electron chi connectivity index (χ0n) is 14.1. The van der Waals surface area contributed by atoms with Gasteiger partial charge in [-0.1, -0.05) is 0 Å². The number of amides is 2. The number of carbonyl (C=O) groups excluding carboxylic acids is 2. The molecule has 1 aromatic carbocycles. The second kappa shape index (κ2) is 6.27. The van der Waals surface area contributed by atoms with Gasteiger partial charge in [0.05, 0.1) is 12.6 Å². The van der Waals surface area contributed by atoms with Gasteiger partial charge < -0.3 is 19.4 Å². The number of carbonyl (C=O) groups is 2. The molecule has 1 fully saturated rings. The minimum atomic E-state index is -0.617. The Morgan fingerprint density at radius 3 is 2.92 bits per heavy atom. The largest absolute Gasteiger partial charge is 0.493 e. The second-order valence-electron chi connectivity index (χ2n) is 6.48. The van der Waals surface area contributed by atoms with Gasteiger partial charge in [-0.3, -0.25) is 9.59 Å². The van der Waals surface area contributed by atoms with E-state index in [-0.39, 0.29) is 6.04 Å². The van der Waals surface area contributed by atoms with Crippen LogP contribution in [0.5, 0.6) is 5.75 Å². The molecule has 1 saturated heterocycles. The summed E-state index contributed by atoms with van der Waals surface area (Å²) in [6.07, 6.45) is 2.49. The molecule has 3 heterocycles. The number of nitrogens with one attached hydrogen (secondary N) is 1. The Hall–Kier alpha value is -2.76. The number of rotatable bonds is 2. The monoisotopic (exact) mass is 340 g/mol. The minimum Gasteiger partial charge on any atom is -0.493 e. The topological polar surface area (TPSA) is 71.8 Å². The van der Waals surface area contributed by atoms with E-state index >= 15 is 0 Å². The molecular formula is C19H20N2O4. The van der Waals surface area contributed by atoms with E-state index in [4.69, 9.17) is 9.15 Å². The average molecular weight is 340 g/mol. The van der Waals surface area contributed by atoms with Gasteiger partial charge in [0.1, 0.15) is 17.3 Å². The minimum absolute atomic E-state index is 0.166. The van der Waals surface area contributed by atoms with Crippen molar-refractivity contribution in [2.24, 2.45) is 0 Å². The molecule has 6 heteroatoms. The quantitative estimate of drug-likeness (QED) is 0.854. The van der Waals surface area contributed by atoms with Crippen LogP contribution in [0.25, 0.3) is 0 Å². The van der Waals surface area contributed by atoms with E-state index in [0.29, 0.717) is 18.8 Å². The van der Waals surface area contributed by atoms with Gasteiger partial charge in [-0.25, -0.2) is 0 Å². The molecule has 2 aromatic rings. The standard InChI is InChI=1S/C19H20N2O4/c1-12-4-6-17(25-12)15-3-2-9-21(15)19(23)18(22)20-14-5-7-16-13(11-14)8-10-24-16/h4-7,11,15H,2-3,8-10H2,1H3,(H,20,22). The summed E-state index contributed by atoms with van der Waals surface area (Å²) in [4.78, 5) is 26.6. The molecule has 130 valence electrons. The predicted octanol–water partition coefficient (Wildman–Crippen LogP) is 2.83. The first kappa shape index (κ1) is 15.7. The smallest absolute Gasteiger partial charge is 0.313 e. The number of nitrogens with zero attached hydrogens (tertiary/aromatic N) is 1. The van der Waals surface area contributed by atoms with Crippen LogP contribution in [0.15, 0.2) is 34.7 Å². The van der Waals surface area contributed by atoms with Crippen molar-refractivity contribution in [1.29, 1.82) is 0 Å². The lowest BCUT2D eigenvalue weighted by molar-refractivity contribution is -0.144. The maximum atomic E-state index is 12.6. The van der Waals surface area contributed by atoms with Crippen LogP contribution in [0.4, 0.5) is 5.69 Å². The van der Waals surface area contributed by atoms with Gasteiger partial charge >= 0.3 is 11.8 Å². The van der Waals surface area contributed by atoms with Crippen LogP contribution in [0.3, 0.4) is 0 Å². The second-order valence-corrected chi connectivity index (χ2v) is 6.48. The summed E-state index contributed by atoms with van der Waals surface area (Å²) in [5.41, 5.74) is 1.67. The first-order valence-corrected chi connectivity index (χ1v) is 8.56. The molecule has 2 aliphatic heterocycles. The molecule has 0 aliphatic carbocycles. The van der Waals surface area contributed by atoms with Crippen molar-refractivity contribution >= 4 is 17.5 Å². The fourth-order valence-electron chi connectivity index (χ4n) is 3.52. The van der Waals surface area contributed by atoms with Gasteiger partial charge in [0.15, 0.2) is 0 Å². The molecule has 4 rings (SSSR count). The Kier molecular flexibility index (Phi) is 3.95. The van der Waals surface area contributed by atoms with E-state index in [1.165, 1.54) is 0 Å². The number of furan rings is 1. The first-order chi connectivity index (χ1) is 12.1. The van der Waals surface area contributed by atoms with Crippen LogP contribution in [0, 0.1) is 6.92 Å². The summed E-state index contributed by atoms with van der Waals surface area (Å²) in [6, 6.07) is 9.04. The molecule has 1 N–H and O–H groups in total. The Bertz CT molecular complexity index is 827. The van der Waals surface area contributed by atoms with E-state index in [2.05, 4.69) is 5.32 Å². The molecule has 1 atom stereocenters. The summed E-state index contributed by atoms with van der Waals surface area (Å²) < 4.78 is 11.1. The highest BCUT2D eigenvalue weighted by atomic mass is 16.5. The van der Waals surface area contributed by atoms with Crippen LogP contribution in [0.2, 0.25) is 0 Å². The van der Waals surface area contributed by atoms with E-state index in [0.717, 1.165) is 42.1 Å². The lowest BCUT2D eigenvalue weighted by Crippen LogP contribution is -2.39. The van der Waals surface area contributed by atoms with Gasteiger partial charge in [-0.15, -0.1) is 0 Å². The number of ether oxygens (including phenoxy) is 1. The number of hydrogen-bond donors (Lipinski definition) is 1. The van der Waals surface area contributed by atoms with Crippen molar-refractivity contribution in [3.05, 3.63) is 47.4 Å². The Morgan fingerprint density at radius 1 is 1.24 bits per heavy atom. The third-order valence-corrected chi connectivity index (χ3v) is 4.74. The summed E-state index contributed by atoms with van der Waals surface area (Å²) in [6.45, 7) is 3.09. The molecule has 2 aliphatic rings. The molecular weight excluding hydrogens is 320 g/mol. The average Bonchev–Trinajstić information content (AvgIpc) is 3.33. The van der Waals surface area contributed by atoms with Crippen LogP contribution < -0.4 is 10.1 Å². The molecule has 25 heavy (non-hydrogen) atoms. The molecule has 1 unspecified atom stereocenters. The molecule has 0 saturated carbocycles. The molecule has 0 radical (unpaired) electrons. The van der Waals surface area contributed by atoms with Crippen molar-refractivity contribution in [2.45, 2.75) is 32.2 Å². The van der Waals surface area contributed by atoms with Crippen LogP contribution in [-0.2, 0) is 16.0 Å². The molecule has 0 spiro atoms. The fraction of sp³-hybridized carbons (Fsp3) is 0.368. The highest BCUT2D eigenvalue weighted by Gasteiger charge is 2.35. The van der Waals surface area contributed by atoms with Gasteiger partial charge in [-0.2, -0.15) is 0 Å². The van der Waals surface area contributed by atoms with Gasteiger partial charge in [0, 0.05) is 18.7 Å². The van der Waals surface area contributed by atoms with Crippen LogP contribution in [-0.4, -0.2) is 29.9 Å². The third-order valence-electron chi connectivity index (χ3n) is 4.74. The maximum Gasteiger partial charge on any atom is 0.313 e. The number of benzene rings is 1. The zero-order chi connectivity index (χ0) is 17.4. The third kappa shape index (κ3) is 2.99. The van der Waals surface area contributed by atoms with Crippen molar-refractivity contribution < 1.29 is 18.7 Å². The van der Waals surface area contributed by atoms with Crippen LogP contribution in [0.1, 0.15) is 36.0 Å². The van der Waals surface area contributed by atoms with Crippen molar-refractivity contribution in [3.8, 4) is 5.75 Å². The summed E-state index contributed by atoms with van der Waals surface area (Å²) in [7, 11) is 0. The van der Waals surface area contributed by atoms with E-state index in [1.54, 1.807) is 11.0 Å². The number of aryl methyl sites for hydroxylation is 1. The predicted molar refractivity (Wildman–Crippen MR) is 91.4 cm³/mol.